The van der Waals surface area contributed by atoms with E-state index in [2.05, 4.69) is 0 Å². The summed E-state index contributed by atoms with van der Waals surface area (Å²) in [4.78, 5) is 26.9. The fourth-order valence-corrected chi connectivity index (χ4v) is 2.44. The van der Waals surface area contributed by atoms with E-state index < -0.39 is 0 Å². The van der Waals surface area contributed by atoms with Crippen molar-refractivity contribution in [1.82, 2.24) is 9.80 Å². The molecule has 1 heterocycles. The zero-order valence-electron chi connectivity index (χ0n) is 11.9. The van der Waals surface area contributed by atoms with Crippen molar-refractivity contribution in [3.63, 3.8) is 0 Å². The fraction of sp³-hybridized carbons (Fsp3) is 0.467. The molecule has 6 heteroatoms. The highest BCUT2D eigenvalue weighted by Gasteiger charge is 2.43. The first-order valence-electron chi connectivity index (χ1n) is 7.07. The molecule has 1 saturated heterocycles. The van der Waals surface area contributed by atoms with Crippen LogP contribution in [0.4, 0.5) is 4.79 Å². The summed E-state index contributed by atoms with van der Waals surface area (Å²) >= 11 is 0. The first kappa shape index (κ1) is 13.7. The van der Waals surface area contributed by atoms with Crippen molar-refractivity contribution in [1.29, 1.82) is 0 Å². The summed E-state index contributed by atoms with van der Waals surface area (Å²) in [7, 11) is 1.57. The molecule has 1 aromatic carbocycles. The molecular formula is C15H18N2O4. The van der Waals surface area contributed by atoms with E-state index in [9.17, 15) is 9.59 Å². The molecule has 0 bridgehead atoms. The number of methoxy groups -OCH3 is 1. The van der Waals surface area contributed by atoms with Gasteiger partial charge in [-0.15, -0.1) is 0 Å². The quantitative estimate of drug-likeness (QED) is 0.745. The Morgan fingerprint density at radius 2 is 1.90 bits per heavy atom. The summed E-state index contributed by atoms with van der Waals surface area (Å²) in [5.41, 5.74) is 0. The number of imide groups is 1. The lowest BCUT2D eigenvalue weighted by atomic mass is 10.3. The fourth-order valence-electron chi connectivity index (χ4n) is 2.44. The van der Waals surface area contributed by atoms with E-state index in [0.717, 1.165) is 12.8 Å². The van der Waals surface area contributed by atoms with Gasteiger partial charge in [-0.25, -0.2) is 4.79 Å². The van der Waals surface area contributed by atoms with E-state index in [1.165, 1.54) is 4.90 Å². The number of carbonyl (C=O) groups is 2. The number of rotatable bonds is 6. The molecule has 0 atom stereocenters. The van der Waals surface area contributed by atoms with E-state index in [0.29, 0.717) is 11.5 Å². The van der Waals surface area contributed by atoms with Gasteiger partial charge in [-0.1, -0.05) is 12.1 Å². The zero-order chi connectivity index (χ0) is 14.8. The Bertz CT molecular complexity index is 556. The van der Waals surface area contributed by atoms with Gasteiger partial charge in [-0.05, 0) is 25.0 Å². The van der Waals surface area contributed by atoms with Crippen LogP contribution < -0.4 is 9.47 Å². The largest absolute Gasteiger partial charge is 0.493 e. The zero-order valence-corrected chi connectivity index (χ0v) is 11.9. The molecule has 3 rings (SSSR count). The predicted octanol–water partition coefficient (Wildman–Crippen LogP) is 1.50. The van der Waals surface area contributed by atoms with E-state index in [1.807, 2.05) is 12.1 Å². The van der Waals surface area contributed by atoms with Gasteiger partial charge in [0.15, 0.2) is 11.5 Å². The SMILES string of the molecule is COc1ccccc1OCCN1C(=O)CN(C2CC2)C1=O. The van der Waals surface area contributed by atoms with Crippen molar-refractivity contribution in [2.75, 3.05) is 26.8 Å². The maximum Gasteiger partial charge on any atom is 0.327 e. The third-order valence-electron chi connectivity index (χ3n) is 3.71. The summed E-state index contributed by atoms with van der Waals surface area (Å²) in [5, 5.41) is 0. The maximum atomic E-state index is 12.1. The Balaban J connectivity index is 1.55. The summed E-state index contributed by atoms with van der Waals surface area (Å²) in [6, 6.07) is 7.37. The number of benzene rings is 1. The number of para-hydroxylation sites is 2. The van der Waals surface area contributed by atoms with Crippen molar-refractivity contribution in [2.45, 2.75) is 18.9 Å². The summed E-state index contributed by atoms with van der Waals surface area (Å²) in [5.74, 6) is 1.10. The Morgan fingerprint density at radius 3 is 2.57 bits per heavy atom. The lowest BCUT2D eigenvalue weighted by Crippen LogP contribution is -2.36. The molecule has 1 aromatic rings. The molecule has 0 spiro atoms. The standard InChI is InChI=1S/C15H18N2O4/c1-20-12-4-2-3-5-13(12)21-9-8-16-14(18)10-17(15(16)19)11-6-7-11/h2-5,11H,6-10H2,1H3. The highest BCUT2D eigenvalue weighted by atomic mass is 16.5. The Morgan fingerprint density at radius 1 is 1.19 bits per heavy atom. The second-order valence-electron chi connectivity index (χ2n) is 5.19. The van der Waals surface area contributed by atoms with Gasteiger partial charge in [0.2, 0.25) is 5.91 Å². The van der Waals surface area contributed by atoms with Gasteiger partial charge >= 0.3 is 6.03 Å². The molecule has 0 unspecified atom stereocenters. The second-order valence-corrected chi connectivity index (χ2v) is 5.19. The molecule has 3 amide bonds. The minimum absolute atomic E-state index is 0.143. The Kier molecular flexibility index (Phi) is 3.68. The smallest absolute Gasteiger partial charge is 0.327 e. The van der Waals surface area contributed by atoms with E-state index >= 15 is 0 Å². The molecule has 1 saturated carbocycles. The average Bonchev–Trinajstić information content (AvgIpc) is 3.29. The normalized spacial score (nSPS) is 18.3. The predicted molar refractivity (Wildman–Crippen MR) is 75.3 cm³/mol. The molecule has 2 fully saturated rings. The van der Waals surface area contributed by atoms with Gasteiger partial charge < -0.3 is 14.4 Å². The molecule has 2 aliphatic rings. The van der Waals surface area contributed by atoms with Crippen molar-refractivity contribution in [3.05, 3.63) is 24.3 Å². The van der Waals surface area contributed by atoms with Crippen LogP contribution >= 0.6 is 0 Å². The number of carbonyl (C=O) groups excluding carboxylic acids is 2. The molecule has 6 nitrogen and oxygen atoms in total. The molecule has 0 radical (unpaired) electrons. The van der Waals surface area contributed by atoms with Crippen LogP contribution in [0.3, 0.4) is 0 Å². The molecule has 21 heavy (non-hydrogen) atoms. The van der Waals surface area contributed by atoms with E-state index in [4.69, 9.17) is 9.47 Å². The lowest BCUT2D eigenvalue weighted by Gasteiger charge is -2.17. The third kappa shape index (κ3) is 2.79. The van der Waals surface area contributed by atoms with Crippen LogP contribution in [0.1, 0.15) is 12.8 Å². The minimum atomic E-state index is -0.189. The van der Waals surface area contributed by atoms with Gasteiger partial charge in [0.1, 0.15) is 13.2 Å². The number of amides is 3. The van der Waals surface area contributed by atoms with Crippen LogP contribution in [0, 0.1) is 0 Å². The van der Waals surface area contributed by atoms with Gasteiger partial charge in [-0.2, -0.15) is 0 Å². The van der Waals surface area contributed by atoms with Crippen molar-refractivity contribution >= 4 is 11.9 Å². The first-order valence-corrected chi connectivity index (χ1v) is 7.07. The molecular weight excluding hydrogens is 272 g/mol. The highest BCUT2D eigenvalue weighted by molar-refractivity contribution is 6.02. The van der Waals surface area contributed by atoms with Crippen LogP contribution in [-0.4, -0.2) is 54.6 Å². The number of hydrogen-bond acceptors (Lipinski definition) is 4. The Labute approximate surface area is 123 Å². The van der Waals surface area contributed by atoms with Gasteiger partial charge in [0.25, 0.3) is 0 Å². The van der Waals surface area contributed by atoms with Gasteiger partial charge in [0, 0.05) is 6.04 Å². The highest BCUT2D eigenvalue weighted by Crippen LogP contribution is 2.30. The minimum Gasteiger partial charge on any atom is -0.493 e. The summed E-state index contributed by atoms with van der Waals surface area (Å²) in [6.07, 6.45) is 2.01. The van der Waals surface area contributed by atoms with E-state index in [-0.39, 0.29) is 37.7 Å². The topological polar surface area (TPSA) is 59.1 Å². The van der Waals surface area contributed by atoms with Crippen molar-refractivity contribution in [3.8, 4) is 11.5 Å². The number of urea groups is 1. The molecule has 1 aliphatic carbocycles. The van der Waals surface area contributed by atoms with Crippen LogP contribution in [0.15, 0.2) is 24.3 Å². The molecule has 112 valence electrons. The van der Waals surface area contributed by atoms with Crippen LogP contribution in [0.25, 0.3) is 0 Å². The lowest BCUT2D eigenvalue weighted by molar-refractivity contribution is -0.125. The summed E-state index contributed by atoms with van der Waals surface area (Å²) in [6.45, 7) is 0.730. The first-order chi connectivity index (χ1) is 10.2. The number of nitrogens with zero attached hydrogens (tertiary/aromatic N) is 2. The summed E-state index contributed by atoms with van der Waals surface area (Å²) < 4.78 is 10.8. The van der Waals surface area contributed by atoms with Crippen LogP contribution in [0.2, 0.25) is 0 Å². The van der Waals surface area contributed by atoms with Crippen molar-refractivity contribution in [2.24, 2.45) is 0 Å². The number of ether oxygens (including phenoxy) is 2. The second kappa shape index (κ2) is 5.63. The monoisotopic (exact) mass is 290 g/mol. The van der Waals surface area contributed by atoms with Gasteiger partial charge in [-0.3, -0.25) is 9.69 Å². The van der Waals surface area contributed by atoms with Crippen LogP contribution in [0.5, 0.6) is 11.5 Å². The Hall–Kier alpha value is -2.24. The third-order valence-corrected chi connectivity index (χ3v) is 3.71. The van der Waals surface area contributed by atoms with E-state index in [1.54, 1.807) is 24.1 Å². The maximum absolute atomic E-state index is 12.1. The molecule has 0 N–H and O–H groups in total. The average molecular weight is 290 g/mol. The molecule has 1 aliphatic heterocycles. The van der Waals surface area contributed by atoms with Crippen LogP contribution in [-0.2, 0) is 4.79 Å². The van der Waals surface area contributed by atoms with Crippen molar-refractivity contribution < 1.29 is 19.1 Å². The molecule has 0 aromatic heterocycles. The number of hydrogen-bond donors (Lipinski definition) is 0. The van der Waals surface area contributed by atoms with Gasteiger partial charge in [0.05, 0.1) is 13.7 Å².